The smallest absolute Gasteiger partial charge is 0.287 e. The molecule has 1 aliphatic carbocycles. The normalized spacial score (nSPS) is 15.1. The molecule has 0 spiro atoms. The van der Waals surface area contributed by atoms with Crippen LogP contribution in [0, 0.1) is 6.92 Å². The van der Waals surface area contributed by atoms with Crippen LogP contribution in [0.2, 0.25) is 0 Å². The lowest BCUT2D eigenvalue weighted by atomic mass is 9.93. The average molecular weight is 329 g/mol. The number of hydrogen-bond donors (Lipinski definition) is 3. The monoisotopic (exact) mass is 329 g/mol. The molecule has 2 aromatic heterocycles. The van der Waals surface area contributed by atoms with Gasteiger partial charge in [0.15, 0.2) is 5.76 Å². The summed E-state index contributed by atoms with van der Waals surface area (Å²) in [5, 5.41) is 10.6. The highest BCUT2D eigenvalue weighted by molar-refractivity contribution is 6.06. The van der Waals surface area contributed by atoms with Crippen molar-refractivity contribution in [1.82, 2.24) is 5.32 Å². The number of furan rings is 2. The van der Waals surface area contributed by atoms with Gasteiger partial charge in [-0.25, -0.2) is 0 Å². The third-order valence-corrected chi connectivity index (χ3v) is 3.82. The fourth-order valence-corrected chi connectivity index (χ4v) is 2.76. The molecule has 0 unspecified atom stereocenters. The van der Waals surface area contributed by atoms with E-state index in [0.29, 0.717) is 12.3 Å². The molecular weight excluding hydrogens is 310 g/mol. The van der Waals surface area contributed by atoms with Crippen molar-refractivity contribution in [3.8, 4) is 0 Å². The van der Waals surface area contributed by atoms with Crippen molar-refractivity contribution >= 4 is 17.6 Å². The molecule has 2 aromatic rings. The number of fused-ring (bicyclic) bond motifs is 1. The minimum atomic E-state index is -0.292. The summed E-state index contributed by atoms with van der Waals surface area (Å²) in [5.41, 5.74) is 13.0. The number of guanidine groups is 1. The molecule has 0 saturated carbocycles. The minimum absolute atomic E-state index is 0.104. The van der Waals surface area contributed by atoms with Gasteiger partial charge >= 0.3 is 0 Å². The first kappa shape index (κ1) is 15.9. The lowest BCUT2D eigenvalue weighted by molar-refractivity contribution is 0.0917. The highest BCUT2D eigenvalue weighted by Gasteiger charge is 2.27. The van der Waals surface area contributed by atoms with Crippen LogP contribution in [0.1, 0.15) is 46.0 Å². The van der Waals surface area contributed by atoms with Crippen LogP contribution in [0.5, 0.6) is 0 Å². The molecule has 0 aliphatic heterocycles. The number of carbonyl (C=O) groups excluding carboxylic acids is 1. The highest BCUT2D eigenvalue weighted by Crippen LogP contribution is 2.30. The molecule has 1 aliphatic rings. The predicted molar refractivity (Wildman–Crippen MR) is 88.6 cm³/mol. The predicted octanol–water partition coefficient (Wildman–Crippen LogP) is 1.42. The van der Waals surface area contributed by atoms with Gasteiger partial charge in [-0.3, -0.25) is 4.79 Å². The molecule has 8 nitrogen and oxygen atoms in total. The maximum absolute atomic E-state index is 12.4. The number of hydrogen-bond acceptors (Lipinski definition) is 5. The third kappa shape index (κ3) is 3.17. The van der Waals surface area contributed by atoms with Gasteiger partial charge in [-0.1, -0.05) is 0 Å². The van der Waals surface area contributed by atoms with E-state index >= 15 is 0 Å². The molecule has 0 saturated heterocycles. The highest BCUT2D eigenvalue weighted by atomic mass is 16.4. The fourth-order valence-electron chi connectivity index (χ4n) is 2.76. The van der Waals surface area contributed by atoms with Crippen LogP contribution in [0.3, 0.4) is 0 Å². The van der Waals surface area contributed by atoms with Crippen molar-refractivity contribution in [2.75, 3.05) is 0 Å². The number of nitrogens with zero attached hydrogens (tertiary/aromatic N) is 2. The van der Waals surface area contributed by atoms with Gasteiger partial charge in [0, 0.05) is 17.5 Å². The Balaban J connectivity index is 1.85. The number of amides is 1. The lowest BCUT2D eigenvalue weighted by Gasteiger charge is -2.11. The first-order valence-electron chi connectivity index (χ1n) is 7.65. The molecule has 0 bridgehead atoms. The van der Waals surface area contributed by atoms with E-state index in [1.807, 2.05) is 6.92 Å². The van der Waals surface area contributed by atoms with Crippen molar-refractivity contribution in [3.05, 3.63) is 46.8 Å². The summed E-state index contributed by atoms with van der Waals surface area (Å²) >= 11 is 0. The summed E-state index contributed by atoms with van der Waals surface area (Å²) in [7, 11) is 0. The Kier molecular flexibility index (Phi) is 4.37. The van der Waals surface area contributed by atoms with Gasteiger partial charge in [-0.05, 0) is 31.9 Å². The minimum Gasteiger partial charge on any atom is -0.467 e. The zero-order chi connectivity index (χ0) is 17.1. The van der Waals surface area contributed by atoms with Gasteiger partial charge in [0.1, 0.15) is 11.5 Å². The molecule has 3 rings (SSSR count). The Labute approximate surface area is 138 Å². The SMILES string of the molecule is Cc1c(C(=O)NCc2ccco2)oc2c1/C(=N/N=C(N)N)CCC2. The molecule has 0 radical (unpaired) electrons. The van der Waals surface area contributed by atoms with E-state index in [1.54, 1.807) is 18.4 Å². The van der Waals surface area contributed by atoms with Crippen LogP contribution < -0.4 is 16.8 Å². The molecule has 2 heterocycles. The van der Waals surface area contributed by atoms with Crippen LogP contribution in [0.25, 0.3) is 0 Å². The van der Waals surface area contributed by atoms with Crippen LogP contribution in [0.4, 0.5) is 0 Å². The van der Waals surface area contributed by atoms with E-state index < -0.39 is 0 Å². The van der Waals surface area contributed by atoms with Crippen molar-refractivity contribution in [2.45, 2.75) is 32.7 Å². The Morgan fingerprint density at radius 2 is 2.21 bits per heavy atom. The number of nitrogens with one attached hydrogen (secondary N) is 1. The van der Waals surface area contributed by atoms with Crippen LogP contribution in [-0.2, 0) is 13.0 Å². The molecule has 0 atom stereocenters. The van der Waals surface area contributed by atoms with Crippen molar-refractivity contribution in [1.29, 1.82) is 0 Å². The second-order valence-electron chi connectivity index (χ2n) is 5.54. The van der Waals surface area contributed by atoms with Gasteiger partial charge < -0.3 is 25.6 Å². The Hall–Kier alpha value is -3.03. The Morgan fingerprint density at radius 1 is 1.38 bits per heavy atom. The number of aryl methyl sites for hydroxylation is 1. The van der Waals surface area contributed by atoms with E-state index in [9.17, 15) is 4.79 Å². The summed E-state index contributed by atoms with van der Waals surface area (Å²) in [6.07, 6.45) is 3.91. The van der Waals surface area contributed by atoms with Gasteiger partial charge in [0.05, 0.1) is 18.5 Å². The number of nitrogens with two attached hydrogens (primary N) is 2. The van der Waals surface area contributed by atoms with Crippen molar-refractivity contribution in [3.63, 3.8) is 0 Å². The van der Waals surface area contributed by atoms with Crippen molar-refractivity contribution < 1.29 is 13.6 Å². The number of rotatable bonds is 4. The topological polar surface area (TPSA) is 132 Å². The van der Waals surface area contributed by atoms with E-state index in [-0.39, 0.29) is 17.6 Å². The fraction of sp³-hybridized carbons (Fsp3) is 0.312. The Bertz CT molecular complexity index is 798. The molecular formula is C16H19N5O3. The second-order valence-corrected chi connectivity index (χ2v) is 5.54. The van der Waals surface area contributed by atoms with Crippen LogP contribution in [-0.4, -0.2) is 17.6 Å². The third-order valence-electron chi connectivity index (χ3n) is 3.82. The van der Waals surface area contributed by atoms with E-state index in [1.165, 1.54) is 0 Å². The molecule has 126 valence electrons. The summed E-state index contributed by atoms with van der Waals surface area (Å²) in [6.45, 7) is 2.13. The zero-order valence-corrected chi connectivity index (χ0v) is 13.3. The standard InChI is InChI=1S/C16H19N5O3/c1-9-13-11(20-21-16(17)18)5-2-6-12(13)24-14(9)15(22)19-8-10-4-3-7-23-10/h3-4,7H,2,5-6,8H2,1H3,(H,19,22)(H4,17,18,21)/b20-11+. The first-order chi connectivity index (χ1) is 11.6. The molecule has 24 heavy (non-hydrogen) atoms. The first-order valence-corrected chi connectivity index (χ1v) is 7.65. The molecule has 8 heteroatoms. The Morgan fingerprint density at radius 3 is 2.92 bits per heavy atom. The number of carbonyl (C=O) groups is 1. The summed E-state index contributed by atoms with van der Waals surface area (Å²) in [5.74, 6) is 1.30. The van der Waals surface area contributed by atoms with Crippen molar-refractivity contribution in [2.24, 2.45) is 21.7 Å². The summed E-state index contributed by atoms with van der Waals surface area (Å²) in [4.78, 5) is 12.4. The lowest BCUT2D eigenvalue weighted by Crippen LogP contribution is -2.23. The molecule has 0 aromatic carbocycles. The van der Waals surface area contributed by atoms with E-state index in [4.69, 9.17) is 20.3 Å². The van der Waals surface area contributed by atoms with Crippen LogP contribution in [0.15, 0.2) is 37.4 Å². The molecule has 0 fully saturated rings. The van der Waals surface area contributed by atoms with Gasteiger partial charge in [0.2, 0.25) is 5.96 Å². The zero-order valence-electron chi connectivity index (χ0n) is 13.3. The second kappa shape index (κ2) is 6.61. The maximum atomic E-state index is 12.4. The van der Waals surface area contributed by atoms with E-state index in [2.05, 4.69) is 15.5 Å². The molecule has 1 amide bonds. The largest absolute Gasteiger partial charge is 0.467 e. The molecule has 5 N–H and O–H groups in total. The van der Waals surface area contributed by atoms with Gasteiger partial charge in [-0.2, -0.15) is 5.10 Å². The summed E-state index contributed by atoms with van der Waals surface area (Å²) in [6, 6.07) is 3.56. The van der Waals surface area contributed by atoms with Crippen LogP contribution >= 0.6 is 0 Å². The summed E-state index contributed by atoms with van der Waals surface area (Å²) < 4.78 is 11.0. The van der Waals surface area contributed by atoms with Gasteiger partial charge in [0.25, 0.3) is 5.91 Å². The van der Waals surface area contributed by atoms with E-state index in [0.717, 1.165) is 41.9 Å². The maximum Gasteiger partial charge on any atom is 0.287 e. The van der Waals surface area contributed by atoms with Gasteiger partial charge in [-0.15, -0.1) is 5.10 Å². The average Bonchev–Trinajstić information content (AvgIpc) is 3.19. The quantitative estimate of drug-likeness (QED) is 0.443.